The average molecular weight is 821 g/mol. The number of nitriles is 1. The summed E-state index contributed by atoms with van der Waals surface area (Å²) < 4.78 is 32.2. The number of pyridine rings is 1. The van der Waals surface area contributed by atoms with Gasteiger partial charge < -0.3 is 21.0 Å². The summed E-state index contributed by atoms with van der Waals surface area (Å²) in [5, 5.41) is 12.3. The summed E-state index contributed by atoms with van der Waals surface area (Å²) in [4.78, 5) is 57.0. The minimum Gasteiger partial charge on any atom is -0.397 e. The number of aromatic nitrogens is 11. The van der Waals surface area contributed by atoms with Crippen LogP contribution in [-0.2, 0) is 13.0 Å². The summed E-state index contributed by atoms with van der Waals surface area (Å²) in [7, 11) is 0. The number of aromatic amines is 2. The Kier molecular flexibility index (Phi) is 11.1. The lowest BCUT2D eigenvalue weighted by molar-refractivity contribution is 0.481. The summed E-state index contributed by atoms with van der Waals surface area (Å²) in [5.41, 5.74) is 12.2. The van der Waals surface area contributed by atoms with Gasteiger partial charge in [0.2, 0.25) is 11.9 Å². The molecular formula is C43H38F2N14O2. The number of hydrogen-bond acceptors (Lipinski definition) is 11. The zero-order chi connectivity index (χ0) is 42.6. The van der Waals surface area contributed by atoms with Crippen molar-refractivity contribution in [3.63, 3.8) is 0 Å². The van der Waals surface area contributed by atoms with Crippen LogP contribution in [0, 0.1) is 23.0 Å². The molecule has 18 heteroatoms. The first-order valence-electron chi connectivity index (χ1n) is 19.5. The van der Waals surface area contributed by atoms with Crippen molar-refractivity contribution in [2.45, 2.75) is 52.1 Å². The van der Waals surface area contributed by atoms with E-state index >= 15 is 0 Å². The van der Waals surface area contributed by atoms with E-state index in [4.69, 9.17) is 11.0 Å². The van der Waals surface area contributed by atoms with Crippen molar-refractivity contribution >= 4 is 50.7 Å². The predicted octanol–water partition coefficient (Wildman–Crippen LogP) is 6.84. The molecule has 1 atom stereocenters. The van der Waals surface area contributed by atoms with Crippen molar-refractivity contribution in [3.05, 3.63) is 153 Å². The lowest BCUT2D eigenvalue weighted by Crippen LogP contribution is -2.27. The summed E-state index contributed by atoms with van der Waals surface area (Å²) in [6.45, 7) is 4.04. The summed E-state index contributed by atoms with van der Waals surface area (Å²) >= 11 is 0. The topological polar surface area (TPSA) is 220 Å². The van der Waals surface area contributed by atoms with E-state index in [1.54, 1.807) is 45.8 Å². The number of rotatable bonds is 6. The molecule has 16 nitrogen and oxygen atoms in total. The minimum atomic E-state index is -1.02. The van der Waals surface area contributed by atoms with Crippen LogP contribution in [-0.4, -0.2) is 53.6 Å². The number of benzene rings is 3. The van der Waals surface area contributed by atoms with Gasteiger partial charge in [0.15, 0.2) is 22.9 Å². The molecule has 6 aromatic heterocycles. The third kappa shape index (κ3) is 7.91. The molecule has 1 aliphatic carbocycles. The number of aryl methyl sites for hydroxylation is 1. The van der Waals surface area contributed by atoms with Crippen LogP contribution in [0.25, 0.3) is 39.3 Å². The monoisotopic (exact) mass is 820 g/mol. The molecule has 0 bridgehead atoms. The highest BCUT2D eigenvalue weighted by atomic mass is 19.2. The van der Waals surface area contributed by atoms with Gasteiger partial charge in [0.05, 0.1) is 59.0 Å². The number of H-pyrrole nitrogens is 2. The number of hydrogen-bond donors (Lipinski definition) is 4. The average Bonchev–Trinajstić information content (AvgIpc) is 3.94. The first-order chi connectivity index (χ1) is 29.7. The van der Waals surface area contributed by atoms with Crippen molar-refractivity contribution in [1.29, 1.82) is 5.26 Å². The van der Waals surface area contributed by atoms with Crippen LogP contribution in [0.3, 0.4) is 0 Å². The van der Waals surface area contributed by atoms with Gasteiger partial charge in [-0.3, -0.25) is 18.7 Å². The quantitative estimate of drug-likeness (QED) is 0.127. The summed E-state index contributed by atoms with van der Waals surface area (Å²) in [6, 6.07) is 22.1. The Hall–Kier alpha value is -8.07. The second kappa shape index (κ2) is 17.0. The maximum Gasteiger partial charge on any atom is 0.328 e. The minimum absolute atomic E-state index is 0.0184. The molecule has 0 saturated heterocycles. The fraction of sp³-hybridized carbons (Fsp3) is 0.186. The highest BCUT2D eigenvalue weighted by Gasteiger charge is 2.26. The second-order valence-electron chi connectivity index (χ2n) is 14.2. The van der Waals surface area contributed by atoms with Crippen LogP contribution >= 0.6 is 0 Å². The van der Waals surface area contributed by atoms with E-state index in [0.717, 1.165) is 42.3 Å². The van der Waals surface area contributed by atoms with Crippen molar-refractivity contribution in [2.24, 2.45) is 0 Å². The maximum atomic E-state index is 14.1. The predicted molar refractivity (Wildman–Crippen MR) is 227 cm³/mol. The van der Waals surface area contributed by atoms with Gasteiger partial charge in [-0.15, -0.1) is 0 Å². The van der Waals surface area contributed by atoms with Crippen LogP contribution in [0.1, 0.15) is 61.5 Å². The third-order valence-electron chi connectivity index (χ3n) is 9.90. The van der Waals surface area contributed by atoms with E-state index in [9.17, 15) is 18.4 Å². The number of fused-ring (bicyclic) bond motifs is 4. The smallest absolute Gasteiger partial charge is 0.328 e. The Morgan fingerprint density at radius 3 is 2.51 bits per heavy atom. The molecule has 10 rings (SSSR count). The Morgan fingerprint density at radius 2 is 1.69 bits per heavy atom. The van der Waals surface area contributed by atoms with Crippen LogP contribution in [0.4, 0.5) is 26.1 Å². The number of nitrogen functional groups attached to an aromatic ring is 1. The Bertz CT molecular complexity index is 3210. The number of imidazole rings is 3. The van der Waals surface area contributed by atoms with Crippen LogP contribution in [0.5, 0.6) is 0 Å². The summed E-state index contributed by atoms with van der Waals surface area (Å²) in [6.07, 6.45) is 10.4. The molecule has 1 aliphatic rings. The Balaban J connectivity index is 0.000000159. The third-order valence-corrected chi connectivity index (χ3v) is 9.90. The Labute approximate surface area is 345 Å². The first kappa shape index (κ1) is 39.7. The molecular weight excluding hydrogens is 783 g/mol. The van der Waals surface area contributed by atoms with Crippen molar-refractivity contribution < 1.29 is 8.78 Å². The van der Waals surface area contributed by atoms with E-state index in [0.29, 0.717) is 44.9 Å². The lowest BCUT2D eigenvalue weighted by Gasteiger charge is -2.25. The molecule has 0 amide bonds. The molecule has 6 heterocycles. The number of para-hydroxylation sites is 2. The molecule has 5 N–H and O–H groups in total. The van der Waals surface area contributed by atoms with Crippen LogP contribution in [0.2, 0.25) is 0 Å². The second-order valence-corrected chi connectivity index (χ2v) is 14.2. The highest BCUT2D eigenvalue weighted by Crippen LogP contribution is 2.32. The van der Waals surface area contributed by atoms with E-state index < -0.39 is 17.3 Å². The largest absolute Gasteiger partial charge is 0.397 e. The van der Waals surface area contributed by atoms with Gasteiger partial charge in [-0.1, -0.05) is 50.6 Å². The molecule has 61 heavy (non-hydrogen) atoms. The number of anilines is 3. The number of nitrogens with one attached hydrogen (secondary N) is 3. The molecule has 306 valence electrons. The molecule has 0 aliphatic heterocycles. The fourth-order valence-corrected chi connectivity index (χ4v) is 7.12. The van der Waals surface area contributed by atoms with Crippen LogP contribution in [0.15, 0.2) is 107 Å². The van der Waals surface area contributed by atoms with Gasteiger partial charge in [-0.2, -0.15) is 15.2 Å². The highest BCUT2D eigenvalue weighted by molar-refractivity contribution is 5.79. The standard InChI is InChI=1S/C20H11F2N7O.C20H19N7O.C3H8/c21-13-3-1-2-12(17(13)22)9-28-18-15(26-20(28)30)8-24-19(27-18)29-10-25-14-5-4-11(7-23)6-16(14)29;21-13-6-1-2-7-15(13)24-19-23-11-16-18(26-19)27(20(28)25-16)17-9-3-8-14-12(17)5-4-10-22-14;1-3-2/h1-6,8,10H,9H2,(H,26,30);1-2,4-7,10-11,17H,3,8-9,21H2,(H,25,28)(H,23,24,26);3H2,1-2H3. The normalized spacial score (nSPS) is 13.2. The SMILES string of the molecule is CCC.N#Cc1ccc2ncn(-c3ncc4[nH]c(=O)n(Cc5cccc(F)c5F)c4n3)c2c1.Nc1ccccc1Nc1ncc2[nH]c(=O)n(C3CCCc4ncccc43)c2n1. The van der Waals surface area contributed by atoms with E-state index in [-0.39, 0.29) is 35.4 Å². The van der Waals surface area contributed by atoms with E-state index in [2.05, 4.69) is 65.1 Å². The van der Waals surface area contributed by atoms with Gasteiger partial charge in [-0.05, 0) is 67.3 Å². The van der Waals surface area contributed by atoms with Gasteiger partial charge in [0.25, 0.3) is 0 Å². The zero-order valence-electron chi connectivity index (χ0n) is 33.0. The fourth-order valence-electron chi connectivity index (χ4n) is 7.12. The molecule has 0 fully saturated rings. The molecule has 1 unspecified atom stereocenters. The van der Waals surface area contributed by atoms with E-state index in [1.807, 2.05) is 30.3 Å². The number of halogens is 2. The number of nitrogens with zero attached hydrogens (tertiary/aromatic N) is 10. The van der Waals surface area contributed by atoms with Gasteiger partial charge in [-0.25, -0.2) is 33.3 Å². The molecule has 9 aromatic rings. The zero-order valence-corrected chi connectivity index (χ0v) is 33.0. The van der Waals surface area contributed by atoms with E-state index in [1.165, 1.54) is 35.6 Å². The van der Waals surface area contributed by atoms with Crippen LogP contribution < -0.4 is 22.4 Å². The molecule has 0 radical (unpaired) electrons. The van der Waals surface area contributed by atoms with Crippen molar-refractivity contribution in [3.8, 4) is 12.0 Å². The molecule has 3 aromatic carbocycles. The molecule has 0 saturated carbocycles. The Morgan fingerprint density at radius 1 is 0.902 bits per heavy atom. The van der Waals surface area contributed by atoms with Crippen molar-refractivity contribution in [1.82, 2.24) is 53.6 Å². The number of nitrogens with two attached hydrogens (primary N) is 1. The first-order valence-corrected chi connectivity index (χ1v) is 19.5. The van der Waals surface area contributed by atoms with Gasteiger partial charge in [0.1, 0.15) is 17.4 Å². The maximum absolute atomic E-state index is 14.1. The van der Waals surface area contributed by atoms with Gasteiger partial charge >= 0.3 is 11.4 Å². The lowest BCUT2D eigenvalue weighted by atomic mass is 9.91. The van der Waals surface area contributed by atoms with Crippen molar-refractivity contribution in [2.75, 3.05) is 11.1 Å². The summed E-state index contributed by atoms with van der Waals surface area (Å²) in [5.74, 6) is -1.40. The van der Waals surface area contributed by atoms with Gasteiger partial charge in [0, 0.05) is 17.5 Å². The molecule has 0 spiro atoms.